The van der Waals surface area contributed by atoms with Gasteiger partial charge in [0.2, 0.25) is 11.9 Å². The molecule has 5 nitrogen and oxygen atoms in total. The first-order valence-electron chi connectivity index (χ1n) is 8.07. The Bertz CT molecular complexity index is 571. The summed E-state index contributed by atoms with van der Waals surface area (Å²) in [5.41, 5.74) is 0.871. The molecule has 2 fully saturated rings. The molecule has 118 valence electrons. The maximum atomic E-state index is 12.8. The summed E-state index contributed by atoms with van der Waals surface area (Å²) >= 11 is 0. The third kappa shape index (κ3) is 2.28. The third-order valence-corrected chi connectivity index (χ3v) is 5.18. The average molecular weight is 300 g/mol. The second-order valence-corrected chi connectivity index (χ2v) is 6.47. The van der Waals surface area contributed by atoms with E-state index >= 15 is 0 Å². The van der Waals surface area contributed by atoms with Crippen molar-refractivity contribution in [2.75, 3.05) is 31.1 Å². The van der Waals surface area contributed by atoms with E-state index in [0.717, 1.165) is 44.0 Å². The van der Waals surface area contributed by atoms with E-state index in [0.29, 0.717) is 12.5 Å². The summed E-state index contributed by atoms with van der Waals surface area (Å²) in [7, 11) is 0. The molecule has 2 saturated heterocycles. The Kier molecular flexibility index (Phi) is 3.89. The molecule has 0 N–H and O–H groups in total. The normalized spacial score (nSPS) is 27.9. The molecule has 3 heterocycles. The Hall–Kier alpha value is -1.91. The van der Waals surface area contributed by atoms with Gasteiger partial charge in [-0.2, -0.15) is 0 Å². The maximum Gasteiger partial charge on any atom is 0.231 e. The van der Waals surface area contributed by atoms with Crippen LogP contribution in [0.5, 0.6) is 0 Å². The molecule has 3 rings (SSSR count). The highest BCUT2D eigenvalue weighted by Gasteiger charge is 2.55. The minimum absolute atomic E-state index is 0.268. The number of carbonyl (C=O) groups is 1. The zero-order valence-electron chi connectivity index (χ0n) is 13.5. The fourth-order valence-electron chi connectivity index (χ4n) is 3.70. The van der Waals surface area contributed by atoms with Crippen LogP contribution in [-0.4, -0.2) is 47.0 Å². The van der Waals surface area contributed by atoms with Crippen molar-refractivity contribution in [1.29, 1.82) is 0 Å². The molecule has 0 aromatic carbocycles. The number of hydrogen-bond donors (Lipinski definition) is 0. The number of anilines is 1. The highest BCUT2D eigenvalue weighted by molar-refractivity contribution is 5.86. The summed E-state index contributed by atoms with van der Waals surface area (Å²) in [5, 5.41) is 0. The van der Waals surface area contributed by atoms with Gasteiger partial charge in [0.1, 0.15) is 0 Å². The van der Waals surface area contributed by atoms with Gasteiger partial charge in [-0.3, -0.25) is 4.79 Å². The fraction of sp³-hybridized carbons (Fsp3) is 0.588. The first kappa shape index (κ1) is 15.0. The molecule has 2 atom stereocenters. The number of carbonyl (C=O) groups excluding carboxylic acids is 1. The Labute approximate surface area is 132 Å². The molecule has 1 aromatic rings. The van der Waals surface area contributed by atoms with Crippen LogP contribution in [0.3, 0.4) is 0 Å². The van der Waals surface area contributed by atoms with Crippen molar-refractivity contribution < 1.29 is 4.79 Å². The lowest BCUT2D eigenvalue weighted by Crippen LogP contribution is -2.39. The molecule has 0 unspecified atom stereocenters. The summed E-state index contributed by atoms with van der Waals surface area (Å²) in [4.78, 5) is 25.9. The monoisotopic (exact) mass is 300 g/mol. The number of hydrogen-bond acceptors (Lipinski definition) is 4. The van der Waals surface area contributed by atoms with Gasteiger partial charge >= 0.3 is 0 Å². The van der Waals surface area contributed by atoms with Gasteiger partial charge in [-0.15, -0.1) is 6.58 Å². The van der Waals surface area contributed by atoms with Crippen molar-refractivity contribution in [3.8, 4) is 0 Å². The van der Waals surface area contributed by atoms with Gasteiger partial charge in [0.05, 0.1) is 5.41 Å². The highest BCUT2D eigenvalue weighted by Crippen LogP contribution is 2.45. The molecule has 0 saturated carbocycles. The first-order chi connectivity index (χ1) is 10.6. The minimum Gasteiger partial charge on any atom is -0.339 e. The number of likely N-dealkylation sites (tertiary alicyclic amines) is 1. The standard InChI is InChI=1S/C17H24N4O/c1-4-7-20-8-6-17(15(20)22)12-21(11-13(17)3)16-18-9-14(5-2)10-19-16/h4,9-10,13H,1,5-8,11-12H2,2-3H3/t13-,17-/m1/s1. The Morgan fingerprint density at radius 2 is 2.18 bits per heavy atom. The van der Waals surface area contributed by atoms with Crippen LogP contribution in [0.15, 0.2) is 25.0 Å². The molecule has 22 heavy (non-hydrogen) atoms. The Morgan fingerprint density at radius 1 is 1.45 bits per heavy atom. The van der Waals surface area contributed by atoms with Gasteiger partial charge in [0, 0.05) is 38.6 Å². The van der Waals surface area contributed by atoms with Crippen LogP contribution in [0, 0.1) is 11.3 Å². The SMILES string of the molecule is C=CCN1CC[C@]2(CN(c3ncc(CC)cn3)C[C@H]2C)C1=O. The van der Waals surface area contributed by atoms with Gasteiger partial charge in [-0.25, -0.2) is 9.97 Å². The number of aryl methyl sites for hydroxylation is 1. The molecule has 2 aliphatic rings. The summed E-state index contributed by atoms with van der Waals surface area (Å²) in [6, 6.07) is 0. The van der Waals surface area contributed by atoms with Crippen molar-refractivity contribution in [2.24, 2.45) is 11.3 Å². The highest BCUT2D eigenvalue weighted by atomic mass is 16.2. The van der Waals surface area contributed by atoms with E-state index in [4.69, 9.17) is 0 Å². The van der Waals surface area contributed by atoms with E-state index in [1.807, 2.05) is 17.3 Å². The summed E-state index contributed by atoms with van der Waals surface area (Å²) in [6.45, 7) is 11.1. The third-order valence-electron chi connectivity index (χ3n) is 5.18. The summed E-state index contributed by atoms with van der Waals surface area (Å²) in [5.74, 6) is 1.34. The fourth-order valence-corrected chi connectivity index (χ4v) is 3.70. The van der Waals surface area contributed by atoms with Gasteiger partial charge in [0.15, 0.2) is 0 Å². The summed E-state index contributed by atoms with van der Waals surface area (Å²) in [6.07, 6.45) is 7.44. The van der Waals surface area contributed by atoms with E-state index in [9.17, 15) is 4.79 Å². The van der Waals surface area contributed by atoms with Crippen molar-refractivity contribution >= 4 is 11.9 Å². The molecule has 5 heteroatoms. The molecular weight excluding hydrogens is 276 g/mol. The zero-order chi connectivity index (χ0) is 15.7. The Balaban J connectivity index is 1.79. The number of amides is 1. The lowest BCUT2D eigenvalue weighted by molar-refractivity contribution is -0.136. The molecular formula is C17H24N4O. The lowest BCUT2D eigenvalue weighted by Gasteiger charge is -2.26. The van der Waals surface area contributed by atoms with Crippen molar-refractivity contribution in [2.45, 2.75) is 26.7 Å². The number of aromatic nitrogens is 2. The van der Waals surface area contributed by atoms with Crippen LogP contribution in [-0.2, 0) is 11.2 Å². The molecule has 1 amide bonds. The van der Waals surface area contributed by atoms with E-state index in [1.54, 1.807) is 6.08 Å². The Morgan fingerprint density at radius 3 is 2.82 bits per heavy atom. The van der Waals surface area contributed by atoms with Crippen LogP contribution in [0.25, 0.3) is 0 Å². The minimum atomic E-state index is -0.268. The topological polar surface area (TPSA) is 49.3 Å². The lowest BCUT2D eigenvalue weighted by atomic mass is 9.78. The van der Waals surface area contributed by atoms with Crippen LogP contribution in [0.2, 0.25) is 0 Å². The predicted molar refractivity (Wildman–Crippen MR) is 86.6 cm³/mol. The van der Waals surface area contributed by atoms with E-state index in [2.05, 4.69) is 35.3 Å². The van der Waals surface area contributed by atoms with Crippen LogP contribution in [0.1, 0.15) is 25.8 Å². The predicted octanol–water partition coefficient (Wildman–Crippen LogP) is 1.90. The molecule has 2 aliphatic heterocycles. The second kappa shape index (κ2) is 5.71. The molecule has 0 radical (unpaired) electrons. The van der Waals surface area contributed by atoms with Gasteiger partial charge in [-0.1, -0.05) is 19.9 Å². The molecule has 0 bridgehead atoms. The first-order valence-corrected chi connectivity index (χ1v) is 8.07. The van der Waals surface area contributed by atoms with E-state index < -0.39 is 0 Å². The quantitative estimate of drug-likeness (QED) is 0.797. The van der Waals surface area contributed by atoms with Gasteiger partial charge in [-0.05, 0) is 24.3 Å². The van der Waals surface area contributed by atoms with Gasteiger partial charge < -0.3 is 9.80 Å². The van der Waals surface area contributed by atoms with Crippen molar-refractivity contribution in [3.63, 3.8) is 0 Å². The zero-order valence-corrected chi connectivity index (χ0v) is 13.5. The second-order valence-electron chi connectivity index (χ2n) is 6.47. The molecule has 1 spiro atoms. The van der Waals surface area contributed by atoms with E-state index in [1.165, 1.54) is 0 Å². The van der Waals surface area contributed by atoms with Gasteiger partial charge in [0.25, 0.3) is 0 Å². The number of nitrogens with zero attached hydrogens (tertiary/aromatic N) is 4. The maximum absolute atomic E-state index is 12.8. The molecule has 0 aliphatic carbocycles. The van der Waals surface area contributed by atoms with Crippen LogP contribution < -0.4 is 4.90 Å². The summed E-state index contributed by atoms with van der Waals surface area (Å²) < 4.78 is 0. The van der Waals surface area contributed by atoms with Crippen LogP contribution >= 0.6 is 0 Å². The van der Waals surface area contributed by atoms with Crippen molar-refractivity contribution in [1.82, 2.24) is 14.9 Å². The largest absolute Gasteiger partial charge is 0.339 e. The smallest absolute Gasteiger partial charge is 0.231 e. The average Bonchev–Trinajstić information content (AvgIpc) is 3.04. The number of rotatable bonds is 4. The molecule has 1 aromatic heterocycles. The van der Waals surface area contributed by atoms with E-state index in [-0.39, 0.29) is 11.3 Å². The van der Waals surface area contributed by atoms with Crippen LogP contribution in [0.4, 0.5) is 5.95 Å². The van der Waals surface area contributed by atoms with Crippen molar-refractivity contribution in [3.05, 3.63) is 30.6 Å².